The SMILES string of the molecule is CCc1cc(C(=O)Nc2ccc(F)cc2F)ncn1. The van der Waals surface area contributed by atoms with Crippen molar-refractivity contribution in [3.63, 3.8) is 0 Å². The number of benzene rings is 1. The Hall–Kier alpha value is -2.37. The number of nitrogens with zero attached hydrogens (tertiary/aromatic N) is 2. The number of amides is 1. The molecular formula is C13H11F2N3O. The summed E-state index contributed by atoms with van der Waals surface area (Å²) >= 11 is 0. The van der Waals surface area contributed by atoms with Gasteiger partial charge in [-0.25, -0.2) is 18.7 Å². The van der Waals surface area contributed by atoms with Gasteiger partial charge in [0.15, 0.2) is 0 Å². The summed E-state index contributed by atoms with van der Waals surface area (Å²) in [5.41, 5.74) is 0.748. The number of rotatable bonds is 3. The second kappa shape index (κ2) is 5.51. The largest absolute Gasteiger partial charge is 0.318 e. The van der Waals surface area contributed by atoms with E-state index in [4.69, 9.17) is 0 Å². The van der Waals surface area contributed by atoms with Crippen molar-refractivity contribution >= 4 is 11.6 Å². The van der Waals surface area contributed by atoms with Gasteiger partial charge >= 0.3 is 0 Å². The van der Waals surface area contributed by atoms with Crippen LogP contribution < -0.4 is 5.32 Å². The summed E-state index contributed by atoms with van der Waals surface area (Å²) in [6, 6.07) is 4.45. The molecule has 6 heteroatoms. The van der Waals surface area contributed by atoms with Crippen molar-refractivity contribution in [2.75, 3.05) is 5.32 Å². The number of aromatic nitrogens is 2. The van der Waals surface area contributed by atoms with Crippen molar-refractivity contribution < 1.29 is 13.6 Å². The average molecular weight is 263 g/mol. The molecule has 0 spiro atoms. The third kappa shape index (κ3) is 3.09. The lowest BCUT2D eigenvalue weighted by molar-refractivity contribution is 0.102. The van der Waals surface area contributed by atoms with Gasteiger partial charge in [0.2, 0.25) is 0 Å². The first kappa shape index (κ1) is 13.1. The fourth-order valence-electron chi connectivity index (χ4n) is 1.49. The Morgan fingerprint density at radius 1 is 1.26 bits per heavy atom. The molecule has 19 heavy (non-hydrogen) atoms. The second-order valence-corrected chi connectivity index (χ2v) is 3.83. The Morgan fingerprint density at radius 2 is 2.05 bits per heavy atom. The minimum absolute atomic E-state index is 0.0944. The lowest BCUT2D eigenvalue weighted by Crippen LogP contribution is -2.15. The topological polar surface area (TPSA) is 54.9 Å². The first-order valence-electron chi connectivity index (χ1n) is 5.67. The van der Waals surface area contributed by atoms with Crippen LogP contribution in [0.25, 0.3) is 0 Å². The molecule has 0 radical (unpaired) electrons. The van der Waals surface area contributed by atoms with Crippen LogP contribution in [0.2, 0.25) is 0 Å². The van der Waals surface area contributed by atoms with E-state index in [1.807, 2.05) is 6.92 Å². The molecule has 0 aliphatic carbocycles. The Labute approximate surface area is 108 Å². The molecule has 0 fully saturated rings. The summed E-state index contributed by atoms with van der Waals surface area (Å²) in [4.78, 5) is 19.6. The van der Waals surface area contributed by atoms with E-state index in [9.17, 15) is 13.6 Å². The molecule has 2 aromatic rings. The van der Waals surface area contributed by atoms with Crippen LogP contribution in [0.15, 0.2) is 30.6 Å². The lowest BCUT2D eigenvalue weighted by atomic mass is 10.2. The number of halogens is 2. The van der Waals surface area contributed by atoms with Crippen molar-refractivity contribution in [1.29, 1.82) is 0 Å². The van der Waals surface area contributed by atoms with Gasteiger partial charge < -0.3 is 5.32 Å². The van der Waals surface area contributed by atoms with Gasteiger partial charge in [-0.3, -0.25) is 4.79 Å². The zero-order valence-electron chi connectivity index (χ0n) is 10.2. The predicted molar refractivity (Wildman–Crippen MR) is 65.7 cm³/mol. The van der Waals surface area contributed by atoms with Gasteiger partial charge in [0.05, 0.1) is 5.69 Å². The molecule has 0 unspecified atom stereocenters. The highest BCUT2D eigenvalue weighted by molar-refractivity contribution is 6.02. The number of hydrogen-bond acceptors (Lipinski definition) is 3. The number of nitrogens with one attached hydrogen (secondary N) is 1. The maximum absolute atomic E-state index is 13.4. The minimum Gasteiger partial charge on any atom is -0.318 e. The van der Waals surface area contributed by atoms with E-state index in [0.717, 1.165) is 12.1 Å². The van der Waals surface area contributed by atoms with Gasteiger partial charge in [0.1, 0.15) is 23.7 Å². The fourth-order valence-corrected chi connectivity index (χ4v) is 1.49. The zero-order valence-corrected chi connectivity index (χ0v) is 10.2. The molecule has 2 rings (SSSR count). The van der Waals surface area contributed by atoms with E-state index < -0.39 is 17.5 Å². The Morgan fingerprint density at radius 3 is 2.74 bits per heavy atom. The van der Waals surface area contributed by atoms with Crippen molar-refractivity contribution in [3.05, 3.63) is 53.6 Å². The predicted octanol–water partition coefficient (Wildman–Crippen LogP) is 2.57. The van der Waals surface area contributed by atoms with E-state index >= 15 is 0 Å². The Balaban J connectivity index is 2.20. The van der Waals surface area contributed by atoms with Gasteiger partial charge in [-0.05, 0) is 24.6 Å². The van der Waals surface area contributed by atoms with E-state index in [1.54, 1.807) is 0 Å². The molecule has 1 aromatic heterocycles. The molecule has 4 nitrogen and oxygen atoms in total. The fraction of sp³-hybridized carbons (Fsp3) is 0.154. The molecular weight excluding hydrogens is 252 g/mol. The van der Waals surface area contributed by atoms with Gasteiger partial charge in [-0.15, -0.1) is 0 Å². The van der Waals surface area contributed by atoms with E-state index in [0.29, 0.717) is 18.2 Å². The Bertz CT molecular complexity index is 617. The third-order valence-corrected chi connectivity index (χ3v) is 2.50. The lowest BCUT2D eigenvalue weighted by Gasteiger charge is -2.06. The normalized spacial score (nSPS) is 10.3. The number of aryl methyl sites for hydroxylation is 1. The molecule has 98 valence electrons. The summed E-state index contributed by atoms with van der Waals surface area (Å²) in [5, 5.41) is 2.33. The third-order valence-electron chi connectivity index (χ3n) is 2.50. The highest BCUT2D eigenvalue weighted by atomic mass is 19.1. The molecule has 0 atom stereocenters. The van der Waals surface area contributed by atoms with Crippen LogP contribution in [0, 0.1) is 11.6 Å². The maximum Gasteiger partial charge on any atom is 0.274 e. The molecule has 0 aliphatic heterocycles. The minimum atomic E-state index is -0.835. The molecule has 1 N–H and O–H groups in total. The van der Waals surface area contributed by atoms with Gasteiger partial charge in [-0.1, -0.05) is 6.92 Å². The monoisotopic (exact) mass is 263 g/mol. The van der Waals surface area contributed by atoms with Crippen LogP contribution in [0.5, 0.6) is 0 Å². The maximum atomic E-state index is 13.4. The Kier molecular flexibility index (Phi) is 3.79. The van der Waals surface area contributed by atoms with E-state index in [1.165, 1.54) is 12.4 Å². The van der Waals surface area contributed by atoms with Gasteiger partial charge in [-0.2, -0.15) is 0 Å². The first-order valence-corrected chi connectivity index (χ1v) is 5.67. The van der Waals surface area contributed by atoms with Crippen LogP contribution in [0.1, 0.15) is 23.1 Å². The van der Waals surface area contributed by atoms with Crippen molar-refractivity contribution in [3.8, 4) is 0 Å². The van der Waals surface area contributed by atoms with Crippen molar-refractivity contribution in [2.24, 2.45) is 0 Å². The summed E-state index contributed by atoms with van der Waals surface area (Å²) in [6.45, 7) is 1.89. The first-order chi connectivity index (χ1) is 9.10. The van der Waals surface area contributed by atoms with E-state index in [-0.39, 0.29) is 11.4 Å². The number of hydrogen-bond donors (Lipinski definition) is 1. The van der Waals surface area contributed by atoms with Gasteiger partial charge in [0, 0.05) is 11.8 Å². The zero-order chi connectivity index (χ0) is 13.8. The van der Waals surface area contributed by atoms with Gasteiger partial charge in [0.25, 0.3) is 5.91 Å². The summed E-state index contributed by atoms with van der Waals surface area (Å²) in [6.07, 6.45) is 1.93. The van der Waals surface area contributed by atoms with Crippen LogP contribution in [0.4, 0.5) is 14.5 Å². The highest BCUT2D eigenvalue weighted by Gasteiger charge is 2.11. The molecule has 0 saturated heterocycles. The van der Waals surface area contributed by atoms with Crippen LogP contribution in [-0.4, -0.2) is 15.9 Å². The standard InChI is InChI=1S/C13H11F2N3O/c1-2-9-6-12(17-7-16-9)13(19)18-11-4-3-8(14)5-10(11)15/h3-7H,2H2,1H3,(H,18,19). The molecule has 1 heterocycles. The number of carbonyl (C=O) groups is 1. The number of carbonyl (C=O) groups excluding carboxylic acids is 1. The molecule has 0 saturated carbocycles. The second-order valence-electron chi connectivity index (χ2n) is 3.83. The van der Waals surface area contributed by atoms with Crippen LogP contribution in [0.3, 0.4) is 0 Å². The van der Waals surface area contributed by atoms with Crippen LogP contribution >= 0.6 is 0 Å². The molecule has 0 aliphatic rings. The van der Waals surface area contributed by atoms with Crippen LogP contribution in [-0.2, 0) is 6.42 Å². The highest BCUT2D eigenvalue weighted by Crippen LogP contribution is 2.15. The summed E-state index contributed by atoms with van der Waals surface area (Å²) in [7, 11) is 0. The molecule has 0 bridgehead atoms. The van der Waals surface area contributed by atoms with Crippen molar-refractivity contribution in [1.82, 2.24) is 9.97 Å². The van der Waals surface area contributed by atoms with E-state index in [2.05, 4.69) is 15.3 Å². The smallest absolute Gasteiger partial charge is 0.274 e. The summed E-state index contributed by atoms with van der Waals surface area (Å²) in [5.74, 6) is -2.11. The van der Waals surface area contributed by atoms with Crippen molar-refractivity contribution in [2.45, 2.75) is 13.3 Å². The molecule has 1 aromatic carbocycles. The number of anilines is 1. The molecule has 1 amide bonds. The quantitative estimate of drug-likeness (QED) is 0.926. The summed E-state index contributed by atoms with van der Waals surface area (Å²) < 4.78 is 26.1. The average Bonchev–Trinajstić information content (AvgIpc) is 2.42.